The van der Waals surface area contributed by atoms with Crippen molar-refractivity contribution in [2.45, 2.75) is 9.79 Å². The van der Waals surface area contributed by atoms with Gasteiger partial charge < -0.3 is 4.90 Å². The van der Waals surface area contributed by atoms with Gasteiger partial charge in [0.25, 0.3) is 5.91 Å². The van der Waals surface area contributed by atoms with Crippen LogP contribution in [-0.4, -0.2) is 28.4 Å². The molecule has 0 aliphatic carbocycles. The van der Waals surface area contributed by atoms with E-state index in [0.717, 1.165) is 43.7 Å². The highest BCUT2D eigenvalue weighted by Crippen LogP contribution is 2.47. The Morgan fingerprint density at radius 2 is 1.50 bits per heavy atom. The molecule has 186 valence electrons. The summed E-state index contributed by atoms with van der Waals surface area (Å²) in [6, 6.07) is 33.5. The summed E-state index contributed by atoms with van der Waals surface area (Å²) in [5, 5.41) is 9.73. The second-order valence-corrected chi connectivity index (χ2v) is 10.2. The first-order valence-electron chi connectivity index (χ1n) is 12.0. The fraction of sp³-hybridized carbons (Fsp3) is 0.0333. The molecule has 0 saturated carbocycles. The summed E-state index contributed by atoms with van der Waals surface area (Å²) in [5.41, 5.74) is 8.03. The van der Waals surface area contributed by atoms with Crippen LogP contribution in [0.3, 0.4) is 0 Å². The van der Waals surface area contributed by atoms with E-state index in [1.54, 1.807) is 22.7 Å². The Balaban J connectivity index is 1.24. The Hall–Kier alpha value is -4.33. The van der Waals surface area contributed by atoms with Crippen LogP contribution in [0.1, 0.15) is 5.56 Å². The van der Waals surface area contributed by atoms with Gasteiger partial charge in [0, 0.05) is 32.1 Å². The molecule has 5 aromatic rings. The zero-order valence-electron chi connectivity index (χ0n) is 20.2. The highest BCUT2D eigenvalue weighted by atomic mass is 35.5. The van der Waals surface area contributed by atoms with E-state index in [9.17, 15) is 4.79 Å². The van der Waals surface area contributed by atoms with E-state index < -0.39 is 0 Å². The van der Waals surface area contributed by atoms with Gasteiger partial charge in [0.15, 0.2) is 0 Å². The number of hydrazone groups is 1. The van der Waals surface area contributed by atoms with Crippen molar-refractivity contribution in [3.63, 3.8) is 0 Å². The molecule has 0 spiro atoms. The predicted octanol–water partition coefficient (Wildman–Crippen LogP) is 6.95. The van der Waals surface area contributed by atoms with Crippen LogP contribution in [0.15, 0.2) is 124 Å². The lowest BCUT2D eigenvalue weighted by atomic mass is 10.1. The van der Waals surface area contributed by atoms with E-state index in [1.165, 1.54) is 0 Å². The van der Waals surface area contributed by atoms with E-state index in [-0.39, 0.29) is 12.5 Å². The molecule has 6 rings (SSSR count). The molecule has 0 unspecified atom stereocenters. The lowest BCUT2D eigenvalue weighted by Gasteiger charge is -2.31. The Labute approximate surface area is 229 Å². The average Bonchev–Trinajstić information content (AvgIpc) is 3.38. The second kappa shape index (κ2) is 10.6. The van der Waals surface area contributed by atoms with Crippen LogP contribution in [0.5, 0.6) is 0 Å². The molecule has 1 amide bonds. The van der Waals surface area contributed by atoms with Crippen LogP contribution >= 0.6 is 23.4 Å². The van der Waals surface area contributed by atoms with Crippen LogP contribution < -0.4 is 10.3 Å². The maximum absolute atomic E-state index is 13.0. The van der Waals surface area contributed by atoms with Gasteiger partial charge in [0.2, 0.25) is 0 Å². The quantitative estimate of drug-likeness (QED) is 0.189. The minimum Gasteiger partial charge on any atom is -0.330 e. The molecule has 2 heterocycles. The van der Waals surface area contributed by atoms with Crippen LogP contribution in [0.2, 0.25) is 5.02 Å². The minimum atomic E-state index is -0.221. The summed E-state index contributed by atoms with van der Waals surface area (Å²) in [4.78, 5) is 17.3. The molecule has 1 aliphatic rings. The number of anilines is 2. The van der Waals surface area contributed by atoms with Gasteiger partial charge in [-0.15, -0.1) is 0 Å². The van der Waals surface area contributed by atoms with Crippen LogP contribution in [0.4, 0.5) is 11.4 Å². The maximum atomic E-state index is 13.0. The first kappa shape index (κ1) is 24.0. The number of benzene rings is 4. The number of hydrogen-bond donors (Lipinski definition) is 1. The SMILES string of the molecule is O=C(CN1c2ccccc2Sc2ccccc21)N/N=C\c1cn(-c2ccccc2)nc1-c1ccc(Cl)cc1. The summed E-state index contributed by atoms with van der Waals surface area (Å²) >= 11 is 7.81. The molecule has 0 bridgehead atoms. The number of rotatable bonds is 6. The van der Waals surface area contributed by atoms with Gasteiger partial charge in [-0.25, -0.2) is 10.1 Å². The molecule has 0 saturated heterocycles. The number of aromatic nitrogens is 2. The van der Waals surface area contributed by atoms with Crippen molar-refractivity contribution >= 4 is 46.9 Å². The average molecular weight is 536 g/mol. The fourth-order valence-electron chi connectivity index (χ4n) is 4.33. The van der Waals surface area contributed by atoms with Gasteiger partial charge >= 0.3 is 0 Å². The molecular weight excluding hydrogens is 514 g/mol. The first-order valence-corrected chi connectivity index (χ1v) is 13.2. The van der Waals surface area contributed by atoms with Gasteiger partial charge in [0.1, 0.15) is 12.2 Å². The number of carbonyl (C=O) groups excluding carboxylic acids is 1. The number of nitrogens with one attached hydrogen (secondary N) is 1. The van der Waals surface area contributed by atoms with Crippen molar-refractivity contribution in [1.82, 2.24) is 15.2 Å². The van der Waals surface area contributed by atoms with Gasteiger partial charge in [-0.05, 0) is 48.5 Å². The number of para-hydroxylation sites is 3. The molecular formula is C30H22ClN5OS. The smallest absolute Gasteiger partial charge is 0.260 e. The third-order valence-electron chi connectivity index (χ3n) is 6.11. The normalized spacial score (nSPS) is 12.3. The lowest BCUT2D eigenvalue weighted by molar-refractivity contribution is -0.119. The van der Waals surface area contributed by atoms with Gasteiger partial charge in [0.05, 0.1) is 23.3 Å². The molecule has 1 aromatic heterocycles. The molecule has 1 aliphatic heterocycles. The van der Waals surface area contributed by atoms with Crippen molar-refractivity contribution in [2.75, 3.05) is 11.4 Å². The Morgan fingerprint density at radius 1 is 0.868 bits per heavy atom. The van der Waals surface area contributed by atoms with E-state index in [0.29, 0.717) is 5.02 Å². The van der Waals surface area contributed by atoms with Crippen LogP contribution in [0.25, 0.3) is 16.9 Å². The third kappa shape index (κ3) is 4.94. The summed E-state index contributed by atoms with van der Waals surface area (Å²) in [6.45, 7) is 0.138. The number of halogens is 1. The molecule has 1 N–H and O–H groups in total. The standard InChI is InChI=1S/C30H22ClN5OS/c31-23-16-14-21(15-17-23)30-22(19-36(34-30)24-8-2-1-3-9-24)18-32-33-29(37)20-35-25-10-4-6-12-27(25)38-28-13-7-5-11-26(28)35/h1-19H,20H2,(H,33,37)/b32-18-. The van der Waals surface area contributed by atoms with Crippen LogP contribution in [-0.2, 0) is 4.79 Å². The monoisotopic (exact) mass is 535 g/mol. The van der Waals surface area contributed by atoms with Crippen LogP contribution in [0, 0.1) is 0 Å². The van der Waals surface area contributed by atoms with E-state index >= 15 is 0 Å². The maximum Gasteiger partial charge on any atom is 0.260 e. The van der Waals surface area contributed by atoms with Gasteiger partial charge in [-0.1, -0.05) is 78.0 Å². The molecule has 0 radical (unpaired) electrons. The van der Waals surface area contributed by atoms with E-state index in [1.807, 2.05) is 102 Å². The number of hydrogen-bond acceptors (Lipinski definition) is 5. The number of amides is 1. The van der Waals surface area contributed by atoms with Crippen molar-refractivity contribution in [3.8, 4) is 16.9 Å². The fourth-order valence-corrected chi connectivity index (χ4v) is 5.55. The zero-order valence-corrected chi connectivity index (χ0v) is 21.7. The van der Waals surface area contributed by atoms with Crippen molar-refractivity contribution in [2.24, 2.45) is 5.10 Å². The van der Waals surface area contributed by atoms with Crippen molar-refractivity contribution < 1.29 is 4.79 Å². The van der Waals surface area contributed by atoms with Crippen molar-refractivity contribution in [1.29, 1.82) is 0 Å². The highest BCUT2D eigenvalue weighted by molar-refractivity contribution is 7.99. The van der Waals surface area contributed by atoms with Gasteiger partial charge in [-0.2, -0.15) is 10.2 Å². The molecule has 4 aromatic carbocycles. The summed E-state index contributed by atoms with van der Waals surface area (Å²) < 4.78 is 1.80. The Morgan fingerprint density at radius 3 is 2.18 bits per heavy atom. The van der Waals surface area contributed by atoms with E-state index in [4.69, 9.17) is 16.7 Å². The first-order chi connectivity index (χ1) is 18.7. The number of fused-ring (bicyclic) bond motifs is 2. The number of carbonyl (C=O) groups is 1. The third-order valence-corrected chi connectivity index (χ3v) is 7.49. The summed E-state index contributed by atoms with van der Waals surface area (Å²) in [7, 11) is 0. The molecule has 0 fully saturated rings. The lowest BCUT2D eigenvalue weighted by Crippen LogP contribution is -2.33. The molecule has 0 atom stereocenters. The van der Waals surface area contributed by atoms with Gasteiger partial charge in [-0.3, -0.25) is 4.79 Å². The minimum absolute atomic E-state index is 0.138. The molecule has 38 heavy (non-hydrogen) atoms. The summed E-state index contributed by atoms with van der Waals surface area (Å²) in [6.07, 6.45) is 3.52. The Kier molecular flexibility index (Phi) is 6.69. The molecule has 8 heteroatoms. The van der Waals surface area contributed by atoms with Crippen molar-refractivity contribution in [3.05, 3.63) is 120 Å². The largest absolute Gasteiger partial charge is 0.330 e. The topological polar surface area (TPSA) is 62.5 Å². The second-order valence-electron chi connectivity index (χ2n) is 8.64. The number of nitrogens with zero attached hydrogens (tertiary/aromatic N) is 4. The summed E-state index contributed by atoms with van der Waals surface area (Å²) in [5.74, 6) is -0.221. The van der Waals surface area contributed by atoms with E-state index in [2.05, 4.69) is 22.7 Å². The highest BCUT2D eigenvalue weighted by Gasteiger charge is 2.24. The Bertz CT molecular complexity index is 1590. The zero-order chi connectivity index (χ0) is 25.9. The molecule has 6 nitrogen and oxygen atoms in total. The predicted molar refractivity (Wildman–Crippen MR) is 154 cm³/mol.